The molecule has 0 unspecified atom stereocenters. The molecule has 0 bridgehead atoms. The van der Waals surface area contributed by atoms with E-state index in [-0.39, 0.29) is 12.5 Å². The summed E-state index contributed by atoms with van der Waals surface area (Å²) in [6.07, 6.45) is 1.32. The summed E-state index contributed by atoms with van der Waals surface area (Å²) in [6, 6.07) is 0.928. The molecule has 8 nitrogen and oxygen atoms in total. The SMILES string of the molecule is COC(=O)[C@H]1CCCN1C(=O)c1cc(C(N)=O)c2n1CCOC2. The van der Waals surface area contributed by atoms with Crippen molar-refractivity contribution in [2.45, 2.75) is 32.0 Å². The summed E-state index contributed by atoms with van der Waals surface area (Å²) in [4.78, 5) is 37.8. The molecule has 1 atom stereocenters. The Labute approximate surface area is 133 Å². The molecule has 2 N–H and O–H groups in total. The zero-order valence-electron chi connectivity index (χ0n) is 12.9. The molecule has 0 spiro atoms. The maximum absolute atomic E-state index is 12.9. The van der Waals surface area contributed by atoms with E-state index in [9.17, 15) is 14.4 Å². The van der Waals surface area contributed by atoms with Gasteiger partial charge >= 0.3 is 5.97 Å². The maximum atomic E-state index is 12.9. The Bertz CT molecular complexity index is 666. The van der Waals surface area contributed by atoms with Crippen molar-refractivity contribution in [2.75, 3.05) is 20.3 Å². The number of fused-ring (bicyclic) bond motifs is 1. The standard InChI is InChI=1S/C15H19N3O5/c1-22-15(21)10-3-2-4-18(10)14(20)11-7-9(13(16)19)12-8-23-6-5-17(11)12/h7,10H,2-6,8H2,1H3,(H2,16,19)/t10-/m1/s1. The Kier molecular flexibility index (Phi) is 4.08. The lowest BCUT2D eigenvalue weighted by molar-refractivity contribution is -0.145. The number of carbonyl (C=O) groups is 3. The maximum Gasteiger partial charge on any atom is 0.328 e. The first-order chi connectivity index (χ1) is 11.0. The van der Waals surface area contributed by atoms with Crippen LogP contribution in [0.1, 0.15) is 39.4 Å². The van der Waals surface area contributed by atoms with Crippen molar-refractivity contribution in [3.05, 3.63) is 23.0 Å². The molecule has 23 heavy (non-hydrogen) atoms. The molecule has 1 aromatic heterocycles. The second-order valence-corrected chi connectivity index (χ2v) is 5.64. The molecule has 1 fully saturated rings. The molecule has 0 saturated carbocycles. The topological polar surface area (TPSA) is 104 Å². The summed E-state index contributed by atoms with van der Waals surface area (Å²) >= 11 is 0. The first-order valence-corrected chi connectivity index (χ1v) is 7.53. The van der Waals surface area contributed by atoms with Crippen molar-refractivity contribution in [3.63, 3.8) is 0 Å². The molecule has 0 radical (unpaired) electrons. The van der Waals surface area contributed by atoms with Crippen LogP contribution in [0.5, 0.6) is 0 Å². The van der Waals surface area contributed by atoms with Crippen LogP contribution in [-0.4, -0.2) is 53.6 Å². The van der Waals surface area contributed by atoms with E-state index in [1.165, 1.54) is 18.1 Å². The number of rotatable bonds is 3. The van der Waals surface area contributed by atoms with Crippen LogP contribution >= 0.6 is 0 Å². The first kappa shape index (κ1) is 15.5. The Balaban J connectivity index is 1.96. The Morgan fingerprint density at radius 2 is 2.13 bits per heavy atom. The van der Waals surface area contributed by atoms with Crippen LogP contribution in [0.25, 0.3) is 0 Å². The average molecular weight is 321 g/mol. The fourth-order valence-electron chi connectivity index (χ4n) is 3.25. The van der Waals surface area contributed by atoms with E-state index in [1.54, 1.807) is 4.57 Å². The van der Waals surface area contributed by atoms with Crippen molar-refractivity contribution in [1.29, 1.82) is 0 Å². The molecular weight excluding hydrogens is 302 g/mol. The quantitative estimate of drug-likeness (QED) is 0.783. The zero-order chi connectivity index (χ0) is 16.6. The van der Waals surface area contributed by atoms with Gasteiger partial charge in [-0.3, -0.25) is 9.59 Å². The minimum Gasteiger partial charge on any atom is -0.467 e. The van der Waals surface area contributed by atoms with Crippen molar-refractivity contribution in [2.24, 2.45) is 5.73 Å². The molecular formula is C15H19N3O5. The molecule has 2 aliphatic rings. The fourth-order valence-corrected chi connectivity index (χ4v) is 3.25. The Morgan fingerprint density at radius 1 is 1.35 bits per heavy atom. The van der Waals surface area contributed by atoms with Gasteiger partial charge in [0.25, 0.3) is 11.8 Å². The molecule has 3 heterocycles. The summed E-state index contributed by atoms with van der Waals surface area (Å²) in [6.45, 7) is 1.66. The number of carbonyl (C=O) groups excluding carboxylic acids is 3. The largest absolute Gasteiger partial charge is 0.467 e. The van der Waals surface area contributed by atoms with E-state index in [1.807, 2.05) is 0 Å². The van der Waals surface area contributed by atoms with Crippen LogP contribution in [0.15, 0.2) is 6.07 Å². The van der Waals surface area contributed by atoms with Gasteiger partial charge in [-0.2, -0.15) is 0 Å². The van der Waals surface area contributed by atoms with Gasteiger partial charge < -0.3 is 24.7 Å². The third kappa shape index (κ3) is 2.59. The zero-order valence-corrected chi connectivity index (χ0v) is 12.9. The summed E-state index contributed by atoms with van der Waals surface area (Å²) < 4.78 is 11.9. The molecule has 0 aliphatic carbocycles. The Morgan fingerprint density at radius 3 is 2.83 bits per heavy atom. The molecule has 2 amide bonds. The van der Waals surface area contributed by atoms with Gasteiger partial charge in [-0.15, -0.1) is 0 Å². The fraction of sp³-hybridized carbons (Fsp3) is 0.533. The van der Waals surface area contributed by atoms with Gasteiger partial charge in [-0.1, -0.05) is 0 Å². The summed E-state index contributed by atoms with van der Waals surface area (Å²) in [5.41, 5.74) is 6.67. The summed E-state index contributed by atoms with van der Waals surface area (Å²) in [7, 11) is 1.31. The molecule has 0 aromatic carbocycles. The number of primary amides is 1. The van der Waals surface area contributed by atoms with E-state index < -0.39 is 17.9 Å². The molecule has 8 heteroatoms. The highest BCUT2D eigenvalue weighted by molar-refractivity contribution is 6.01. The van der Waals surface area contributed by atoms with E-state index in [4.69, 9.17) is 15.2 Å². The number of amides is 2. The van der Waals surface area contributed by atoms with Crippen LogP contribution in [0, 0.1) is 0 Å². The highest BCUT2D eigenvalue weighted by atomic mass is 16.5. The number of esters is 1. The van der Waals surface area contributed by atoms with Gasteiger partial charge in [-0.05, 0) is 18.9 Å². The lowest BCUT2D eigenvalue weighted by atomic mass is 10.2. The number of hydrogen-bond acceptors (Lipinski definition) is 5. The van der Waals surface area contributed by atoms with Crippen molar-refractivity contribution in [3.8, 4) is 0 Å². The van der Waals surface area contributed by atoms with Gasteiger partial charge in [-0.25, -0.2) is 4.79 Å². The number of nitrogens with zero attached hydrogens (tertiary/aromatic N) is 2. The third-order valence-corrected chi connectivity index (χ3v) is 4.38. The van der Waals surface area contributed by atoms with Crippen LogP contribution in [0.2, 0.25) is 0 Å². The monoisotopic (exact) mass is 321 g/mol. The molecule has 3 rings (SSSR count). The number of methoxy groups -OCH3 is 1. The van der Waals surface area contributed by atoms with Crippen molar-refractivity contribution in [1.82, 2.24) is 9.47 Å². The van der Waals surface area contributed by atoms with Gasteiger partial charge in [0.15, 0.2) is 0 Å². The first-order valence-electron chi connectivity index (χ1n) is 7.53. The number of nitrogens with two attached hydrogens (primary N) is 1. The molecule has 2 aliphatic heterocycles. The van der Waals surface area contributed by atoms with Crippen LogP contribution in [0.3, 0.4) is 0 Å². The average Bonchev–Trinajstić information content (AvgIpc) is 3.18. The minimum absolute atomic E-state index is 0.242. The smallest absolute Gasteiger partial charge is 0.328 e. The highest BCUT2D eigenvalue weighted by Gasteiger charge is 2.37. The summed E-state index contributed by atoms with van der Waals surface area (Å²) in [5, 5.41) is 0. The highest BCUT2D eigenvalue weighted by Crippen LogP contribution is 2.26. The van der Waals surface area contributed by atoms with Crippen molar-refractivity contribution >= 4 is 17.8 Å². The van der Waals surface area contributed by atoms with Gasteiger partial charge in [0.1, 0.15) is 11.7 Å². The lowest BCUT2D eigenvalue weighted by Gasteiger charge is -2.25. The number of aromatic nitrogens is 1. The van der Waals surface area contributed by atoms with Crippen LogP contribution in [0.4, 0.5) is 0 Å². The Hall–Kier alpha value is -2.35. The number of likely N-dealkylation sites (tertiary alicyclic amines) is 1. The summed E-state index contributed by atoms with van der Waals surface area (Å²) in [5.74, 6) is -1.29. The second-order valence-electron chi connectivity index (χ2n) is 5.64. The van der Waals surface area contributed by atoms with E-state index >= 15 is 0 Å². The second kappa shape index (κ2) is 6.04. The van der Waals surface area contributed by atoms with Gasteiger partial charge in [0, 0.05) is 13.1 Å². The lowest BCUT2D eigenvalue weighted by Crippen LogP contribution is -2.42. The van der Waals surface area contributed by atoms with Gasteiger partial charge in [0.2, 0.25) is 0 Å². The molecule has 1 saturated heterocycles. The van der Waals surface area contributed by atoms with E-state index in [2.05, 4.69) is 0 Å². The predicted molar refractivity (Wildman–Crippen MR) is 78.7 cm³/mol. The van der Waals surface area contributed by atoms with Gasteiger partial charge in [0.05, 0.1) is 31.6 Å². The molecule has 124 valence electrons. The third-order valence-electron chi connectivity index (χ3n) is 4.38. The minimum atomic E-state index is -0.593. The van der Waals surface area contributed by atoms with E-state index in [0.29, 0.717) is 43.1 Å². The van der Waals surface area contributed by atoms with Crippen molar-refractivity contribution < 1.29 is 23.9 Å². The van der Waals surface area contributed by atoms with Crippen LogP contribution < -0.4 is 5.73 Å². The van der Waals surface area contributed by atoms with Crippen LogP contribution in [-0.2, 0) is 27.4 Å². The normalized spacial score (nSPS) is 20.2. The number of ether oxygens (including phenoxy) is 2. The van der Waals surface area contributed by atoms with E-state index in [0.717, 1.165) is 6.42 Å². The predicted octanol–water partition coefficient (Wildman–Crippen LogP) is -0.105. The molecule has 1 aromatic rings. The number of hydrogen-bond donors (Lipinski definition) is 1.